The monoisotopic (exact) mass is 358 g/mol. The van der Waals surface area contributed by atoms with Crippen LogP contribution in [0, 0.1) is 0 Å². The van der Waals surface area contributed by atoms with Gasteiger partial charge in [0.05, 0.1) is 13.2 Å². The topological polar surface area (TPSA) is 218 Å². The number of aliphatic carboxylic acids is 1. The lowest BCUT2D eigenvalue weighted by Gasteiger charge is -2.42. The molecule has 12 heteroatoms. The molecule has 1 aliphatic heterocycles. The van der Waals surface area contributed by atoms with Crippen LogP contribution in [0.2, 0.25) is 0 Å². The molecular weight excluding hydrogens is 336 g/mol. The third-order valence-electron chi connectivity index (χ3n) is 3.62. The van der Waals surface area contributed by atoms with Gasteiger partial charge >= 0.3 is 5.97 Å². The van der Waals surface area contributed by atoms with E-state index in [-0.39, 0.29) is 0 Å². The minimum atomic E-state index is -2.39. The predicted molar refractivity (Wildman–Crippen MR) is 71.4 cm³/mol. The maximum Gasteiger partial charge on any atom is 0.335 e. The number of carboxylic acids is 1. The van der Waals surface area contributed by atoms with Gasteiger partial charge in [-0.2, -0.15) is 0 Å². The summed E-state index contributed by atoms with van der Waals surface area (Å²) in [4.78, 5) is 10.7. The fourth-order valence-electron chi connectivity index (χ4n) is 2.16. The van der Waals surface area contributed by atoms with E-state index in [1.54, 1.807) is 0 Å². The molecule has 0 bridgehead atoms. The zero-order valence-corrected chi connectivity index (χ0v) is 12.4. The zero-order valence-electron chi connectivity index (χ0n) is 12.4. The maximum atomic E-state index is 10.7. The summed E-state index contributed by atoms with van der Waals surface area (Å²) in [6.07, 6.45) is -16.9. The largest absolute Gasteiger partial charge is 0.479 e. The Kier molecular flexibility index (Phi) is 7.88. The van der Waals surface area contributed by atoms with Crippen molar-refractivity contribution >= 4 is 5.97 Å². The van der Waals surface area contributed by atoms with Crippen molar-refractivity contribution in [2.45, 2.75) is 55.1 Å². The summed E-state index contributed by atoms with van der Waals surface area (Å²) in [5.41, 5.74) is 0. The average Bonchev–Trinajstić information content (AvgIpc) is 2.57. The van der Waals surface area contributed by atoms with Crippen LogP contribution < -0.4 is 0 Å². The van der Waals surface area contributed by atoms with Gasteiger partial charge in [0.1, 0.15) is 42.7 Å². The molecule has 0 aliphatic carbocycles. The Hall–Kier alpha value is -0.930. The average molecular weight is 358 g/mol. The van der Waals surface area contributed by atoms with Crippen molar-refractivity contribution in [3.63, 3.8) is 0 Å². The third-order valence-corrected chi connectivity index (χ3v) is 3.62. The summed E-state index contributed by atoms with van der Waals surface area (Å²) in [6, 6.07) is 0. The Morgan fingerprint density at radius 1 is 1.04 bits per heavy atom. The van der Waals surface area contributed by atoms with Gasteiger partial charge in [0, 0.05) is 0 Å². The quantitative estimate of drug-likeness (QED) is 0.198. The minimum Gasteiger partial charge on any atom is -0.479 e. The van der Waals surface area contributed by atoms with Crippen LogP contribution >= 0.6 is 0 Å². The highest BCUT2D eigenvalue weighted by atomic mass is 16.7. The molecule has 0 saturated carbocycles. The first-order valence-corrected chi connectivity index (χ1v) is 6.99. The SMILES string of the molecule is O=C(O)[C@H](O)[C@H](O)[C@H](O[C@H]1O[C@H](CO)[C@H](O)[C@H](O)[C@H]1O)[C@H](O)CO. The van der Waals surface area contributed by atoms with Crippen LogP contribution in [0.3, 0.4) is 0 Å². The second-order valence-corrected chi connectivity index (χ2v) is 5.32. The molecular formula is C12H22O12. The van der Waals surface area contributed by atoms with E-state index in [1.165, 1.54) is 0 Å². The summed E-state index contributed by atoms with van der Waals surface area (Å²) < 4.78 is 9.98. The second kappa shape index (κ2) is 8.96. The molecule has 0 aromatic rings. The Morgan fingerprint density at radius 3 is 2.08 bits per heavy atom. The van der Waals surface area contributed by atoms with Crippen molar-refractivity contribution in [1.82, 2.24) is 0 Å². The van der Waals surface area contributed by atoms with Crippen LogP contribution in [0.1, 0.15) is 0 Å². The summed E-state index contributed by atoms with van der Waals surface area (Å²) in [7, 11) is 0. The molecule has 24 heavy (non-hydrogen) atoms. The number of rotatable bonds is 8. The highest BCUT2D eigenvalue weighted by molar-refractivity contribution is 5.72. The smallest absolute Gasteiger partial charge is 0.335 e. The normalized spacial score (nSPS) is 35.9. The molecule has 0 amide bonds. The van der Waals surface area contributed by atoms with E-state index >= 15 is 0 Å². The molecule has 1 rings (SSSR count). The molecule has 9 atom stereocenters. The Balaban J connectivity index is 2.94. The number of ether oxygens (including phenoxy) is 2. The summed E-state index contributed by atoms with van der Waals surface area (Å²) >= 11 is 0. The van der Waals surface area contributed by atoms with Gasteiger partial charge in [-0.15, -0.1) is 0 Å². The van der Waals surface area contributed by atoms with Gasteiger partial charge in [-0.05, 0) is 0 Å². The van der Waals surface area contributed by atoms with E-state index in [9.17, 15) is 35.4 Å². The van der Waals surface area contributed by atoms with E-state index in [0.717, 1.165) is 0 Å². The van der Waals surface area contributed by atoms with Crippen LogP contribution in [0.15, 0.2) is 0 Å². The Morgan fingerprint density at radius 2 is 1.62 bits per heavy atom. The number of aliphatic hydroxyl groups is 8. The molecule has 1 fully saturated rings. The van der Waals surface area contributed by atoms with Crippen molar-refractivity contribution in [2.75, 3.05) is 13.2 Å². The van der Waals surface area contributed by atoms with Crippen molar-refractivity contribution in [2.24, 2.45) is 0 Å². The first kappa shape index (κ1) is 21.1. The Labute approximate surface area is 135 Å². The van der Waals surface area contributed by atoms with E-state index < -0.39 is 74.3 Å². The van der Waals surface area contributed by atoms with E-state index in [2.05, 4.69) is 0 Å². The number of hydrogen-bond acceptors (Lipinski definition) is 11. The van der Waals surface area contributed by atoms with Gasteiger partial charge in [0.25, 0.3) is 0 Å². The molecule has 1 saturated heterocycles. The number of hydrogen-bond donors (Lipinski definition) is 9. The van der Waals surface area contributed by atoms with E-state index in [0.29, 0.717) is 0 Å². The third kappa shape index (κ3) is 4.58. The standard InChI is InChI=1S/C12H22O12/c13-1-3(15)10(7(18)8(19)11(21)22)24-12-9(20)6(17)5(16)4(2-14)23-12/h3-10,12-20H,1-2H2,(H,21,22)/t3-,4-,5+,6+,7+,8-,9-,10-,12-/m1/s1. The second-order valence-electron chi connectivity index (χ2n) is 5.32. The molecule has 142 valence electrons. The molecule has 1 aliphatic rings. The van der Waals surface area contributed by atoms with E-state index in [4.69, 9.17) is 24.8 Å². The van der Waals surface area contributed by atoms with Crippen molar-refractivity contribution in [3.8, 4) is 0 Å². The van der Waals surface area contributed by atoms with Gasteiger partial charge in [-0.1, -0.05) is 0 Å². The minimum absolute atomic E-state index is 0.766. The lowest BCUT2D eigenvalue weighted by atomic mass is 9.98. The first-order valence-electron chi connectivity index (χ1n) is 6.99. The highest BCUT2D eigenvalue weighted by Crippen LogP contribution is 2.24. The summed E-state index contributed by atoms with van der Waals surface area (Å²) in [5.74, 6) is -1.84. The van der Waals surface area contributed by atoms with Crippen LogP contribution in [-0.4, -0.2) is 120 Å². The van der Waals surface area contributed by atoms with Crippen molar-refractivity contribution in [3.05, 3.63) is 0 Å². The van der Waals surface area contributed by atoms with Crippen LogP contribution in [0.5, 0.6) is 0 Å². The molecule has 0 aromatic carbocycles. The number of aliphatic hydroxyl groups excluding tert-OH is 8. The molecule has 0 radical (unpaired) electrons. The van der Waals surface area contributed by atoms with Gasteiger partial charge in [0.2, 0.25) is 0 Å². The van der Waals surface area contributed by atoms with Crippen LogP contribution in [0.4, 0.5) is 0 Å². The summed E-state index contributed by atoms with van der Waals surface area (Å²) in [5, 5.41) is 84.5. The lowest BCUT2D eigenvalue weighted by molar-refractivity contribution is -0.326. The van der Waals surface area contributed by atoms with Crippen LogP contribution in [0.25, 0.3) is 0 Å². The fourth-order valence-corrected chi connectivity index (χ4v) is 2.16. The number of carbonyl (C=O) groups is 1. The maximum absolute atomic E-state index is 10.7. The highest BCUT2D eigenvalue weighted by Gasteiger charge is 2.47. The van der Waals surface area contributed by atoms with Gasteiger partial charge < -0.3 is 55.4 Å². The van der Waals surface area contributed by atoms with Crippen molar-refractivity contribution < 1.29 is 60.2 Å². The van der Waals surface area contributed by atoms with Gasteiger partial charge in [0.15, 0.2) is 12.4 Å². The van der Waals surface area contributed by atoms with E-state index in [1.807, 2.05) is 0 Å². The van der Waals surface area contributed by atoms with Gasteiger partial charge in [-0.3, -0.25) is 0 Å². The molecule has 1 heterocycles. The number of carboxylic acid groups (broad SMARTS) is 1. The van der Waals surface area contributed by atoms with Crippen LogP contribution in [-0.2, 0) is 14.3 Å². The lowest BCUT2D eigenvalue weighted by Crippen LogP contribution is -2.61. The molecule has 0 aromatic heterocycles. The Bertz CT molecular complexity index is 403. The zero-order chi connectivity index (χ0) is 18.6. The fraction of sp³-hybridized carbons (Fsp3) is 0.917. The first-order chi connectivity index (χ1) is 11.1. The predicted octanol–water partition coefficient (Wildman–Crippen LogP) is -5.67. The summed E-state index contributed by atoms with van der Waals surface area (Å²) in [6.45, 7) is -1.76. The molecule has 9 N–H and O–H groups in total. The van der Waals surface area contributed by atoms with Gasteiger partial charge in [-0.25, -0.2) is 4.79 Å². The van der Waals surface area contributed by atoms with Crippen molar-refractivity contribution in [1.29, 1.82) is 0 Å². The molecule has 0 unspecified atom stereocenters. The molecule has 0 spiro atoms. The molecule has 12 nitrogen and oxygen atoms in total.